The molecule has 0 fully saturated rings. The van der Waals surface area contributed by atoms with Crippen LogP contribution in [0, 0.1) is 11.3 Å². The SMILES string of the molecule is N#Cc1cccc(OF)c1. The van der Waals surface area contributed by atoms with Gasteiger partial charge in [0, 0.05) is 10.6 Å². The van der Waals surface area contributed by atoms with Crippen LogP contribution in [0.15, 0.2) is 24.3 Å². The van der Waals surface area contributed by atoms with Gasteiger partial charge in [-0.25, -0.2) is 0 Å². The molecule has 3 heteroatoms. The van der Waals surface area contributed by atoms with Crippen molar-refractivity contribution in [2.45, 2.75) is 0 Å². The molecule has 1 aromatic carbocycles. The molecular formula is C7H4FNO. The van der Waals surface area contributed by atoms with Crippen LogP contribution in [0.3, 0.4) is 0 Å². The van der Waals surface area contributed by atoms with Crippen LogP contribution in [0.2, 0.25) is 0 Å². The second-order valence-corrected chi connectivity index (χ2v) is 1.72. The smallest absolute Gasteiger partial charge is 0.173 e. The van der Waals surface area contributed by atoms with Crippen LogP contribution in [-0.2, 0) is 0 Å². The van der Waals surface area contributed by atoms with E-state index in [1.54, 1.807) is 12.1 Å². The van der Waals surface area contributed by atoms with Crippen molar-refractivity contribution in [2.24, 2.45) is 0 Å². The Morgan fingerprint density at radius 1 is 1.50 bits per heavy atom. The highest BCUT2D eigenvalue weighted by Gasteiger charge is 1.93. The van der Waals surface area contributed by atoms with Crippen molar-refractivity contribution in [1.29, 1.82) is 5.26 Å². The molecular weight excluding hydrogens is 133 g/mol. The van der Waals surface area contributed by atoms with E-state index in [9.17, 15) is 4.53 Å². The van der Waals surface area contributed by atoms with Crippen molar-refractivity contribution in [2.75, 3.05) is 0 Å². The molecule has 1 rings (SSSR count). The second kappa shape index (κ2) is 2.83. The van der Waals surface area contributed by atoms with Crippen LogP contribution in [0.4, 0.5) is 4.53 Å². The molecule has 0 bridgehead atoms. The molecule has 0 aromatic heterocycles. The van der Waals surface area contributed by atoms with Gasteiger partial charge in [-0.05, 0) is 12.1 Å². The first-order valence-corrected chi connectivity index (χ1v) is 2.65. The monoisotopic (exact) mass is 137 g/mol. The lowest BCUT2D eigenvalue weighted by Gasteiger charge is -1.91. The molecule has 0 amide bonds. The third-order valence-corrected chi connectivity index (χ3v) is 1.05. The highest BCUT2D eigenvalue weighted by atomic mass is 19.3. The van der Waals surface area contributed by atoms with E-state index in [4.69, 9.17) is 5.26 Å². The van der Waals surface area contributed by atoms with E-state index in [0.717, 1.165) is 0 Å². The molecule has 0 N–H and O–H groups in total. The number of nitriles is 1. The average Bonchev–Trinajstić information content (AvgIpc) is 2.05. The van der Waals surface area contributed by atoms with Gasteiger partial charge in [-0.1, -0.05) is 6.07 Å². The zero-order chi connectivity index (χ0) is 7.40. The molecule has 0 saturated heterocycles. The van der Waals surface area contributed by atoms with Gasteiger partial charge in [0.2, 0.25) is 0 Å². The fraction of sp³-hybridized carbons (Fsp3) is 0. The molecule has 0 aliphatic carbocycles. The zero-order valence-corrected chi connectivity index (χ0v) is 5.04. The lowest BCUT2D eigenvalue weighted by molar-refractivity contribution is -0.00622. The first-order chi connectivity index (χ1) is 4.86. The summed E-state index contributed by atoms with van der Waals surface area (Å²) in [7, 11) is 0. The Morgan fingerprint density at radius 3 is 2.90 bits per heavy atom. The molecule has 0 radical (unpaired) electrons. The van der Waals surface area contributed by atoms with Gasteiger partial charge in [0.15, 0.2) is 5.75 Å². The lowest BCUT2D eigenvalue weighted by Crippen LogP contribution is -1.77. The van der Waals surface area contributed by atoms with Gasteiger partial charge < -0.3 is 0 Å². The summed E-state index contributed by atoms with van der Waals surface area (Å²) >= 11 is 0. The van der Waals surface area contributed by atoms with Crippen molar-refractivity contribution < 1.29 is 9.47 Å². The summed E-state index contributed by atoms with van der Waals surface area (Å²) < 4.78 is 11.4. The lowest BCUT2D eigenvalue weighted by atomic mass is 10.2. The Kier molecular flexibility index (Phi) is 1.86. The van der Waals surface area contributed by atoms with Gasteiger partial charge in [0.25, 0.3) is 0 Å². The normalized spacial score (nSPS) is 8.40. The summed E-state index contributed by atoms with van der Waals surface area (Å²) in [4.78, 5) is 3.41. The first-order valence-electron chi connectivity index (χ1n) is 2.65. The maximum Gasteiger partial charge on any atom is 0.173 e. The molecule has 2 nitrogen and oxygen atoms in total. The van der Waals surface area contributed by atoms with E-state index < -0.39 is 0 Å². The number of hydrogen-bond donors (Lipinski definition) is 0. The molecule has 50 valence electrons. The number of nitrogens with zero attached hydrogens (tertiary/aromatic N) is 1. The molecule has 1 aromatic rings. The van der Waals surface area contributed by atoms with Crippen LogP contribution in [0.25, 0.3) is 0 Å². The van der Waals surface area contributed by atoms with Gasteiger partial charge in [0.05, 0.1) is 11.6 Å². The third kappa shape index (κ3) is 1.23. The predicted octanol–water partition coefficient (Wildman–Crippen LogP) is 1.82. The van der Waals surface area contributed by atoms with Crippen LogP contribution in [-0.4, -0.2) is 0 Å². The maximum atomic E-state index is 11.4. The molecule has 0 saturated carbocycles. The summed E-state index contributed by atoms with van der Waals surface area (Å²) in [6, 6.07) is 7.73. The summed E-state index contributed by atoms with van der Waals surface area (Å²) in [5.41, 5.74) is 0.384. The molecule has 0 unspecified atom stereocenters. The third-order valence-electron chi connectivity index (χ3n) is 1.05. The van der Waals surface area contributed by atoms with Crippen LogP contribution < -0.4 is 4.94 Å². The summed E-state index contributed by atoms with van der Waals surface area (Å²) in [5.74, 6) is 0.0547. The fourth-order valence-corrected chi connectivity index (χ4v) is 0.614. The molecule has 0 aliphatic rings. The molecule has 0 heterocycles. The molecule has 0 atom stereocenters. The Hall–Kier alpha value is -1.56. The van der Waals surface area contributed by atoms with E-state index in [-0.39, 0.29) is 5.75 Å². The Morgan fingerprint density at radius 2 is 2.30 bits per heavy atom. The van der Waals surface area contributed by atoms with Gasteiger partial charge in [-0.2, -0.15) is 5.26 Å². The standard InChI is InChI=1S/C7H4FNO/c8-10-7-3-1-2-6(4-7)5-9/h1-4H. The quantitative estimate of drug-likeness (QED) is 0.591. The van der Waals surface area contributed by atoms with Gasteiger partial charge in [-0.15, -0.1) is 0 Å². The van der Waals surface area contributed by atoms with Crippen LogP contribution in [0.5, 0.6) is 5.75 Å². The fourth-order valence-electron chi connectivity index (χ4n) is 0.614. The van der Waals surface area contributed by atoms with E-state index in [2.05, 4.69) is 4.94 Å². The number of rotatable bonds is 1. The highest BCUT2D eigenvalue weighted by Crippen LogP contribution is 2.11. The average molecular weight is 137 g/mol. The first kappa shape index (κ1) is 6.56. The minimum atomic E-state index is 0.0547. The van der Waals surface area contributed by atoms with E-state index in [1.165, 1.54) is 12.1 Å². The van der Waals surface area contributed by atoms with Gasteiger partial charge >= 0.3 is 0 Å². The maximum absolute atomic E-state index is 11.4. The molecule has 10 heavy (non-hydrogen) atoms. The number of hydrogen-bond acceptors (Lipinski definition) is 2. The number of benzene rings is 1. The van der Waals surface area contributed by atoms with Gasteiger partial charge in [0.1, 0.15) is 0 Å². The van der Waals surface area contributed by atoms with E-state index >= 15 is 0 Å². The van der Waals surface area contributed by atoms with Crippen molar-refractivity contribution in [3.05, 3.63) is 29.8 Å². The molecule has 0 spiro atoms. The van der Waals surface area contributed by atoms with Crippen molar-refractivity contribution in [3.63, 3.8) is 0 Å². The second-order valence-electron chi connectivity index (χ2n) is 1.72. The van der Waals surface area contributed by atoms with E-state index in [1.807, 2.05) is 6.07 Å². The largest absolute Gasteiger partial charge is 0.294 e. The Bertz CT molecular complexity index is 267. The summed E-state index contributed by atoms with van der Waals surface area (Å²) in [6.45, 7) is 0. The van der Waals surface area contributed by atoms with Crippen LogP contribution in [0.1, 0.15) is 5.56 Å². The number of halogens is 1. The van der Waals surface area contributed by atoms with Crippen molar-refractivity contribution in [3.8, 4) is 11.8 Å². The Balaban J connectivity index is 3.01. The van der Waals surface area contributed by atoms with Crippen molar-refractivity contribution >= 4 is 0 Å². The Labute approximate surface area is 57.4 Å². The summed E-state index contributed by atoms with van der Waals surface area (Å²) in [5, 5.41) is 8.33. The van der Waals surface area contributed by atoms with Gasteiger partial charge in [-0.3, -0.25) is 4.94 Å². The highest BCUT2D eigenvalue weighted by molar-refractivity contribution is 5.35. The minimum Gasteiger partial charge on any atom is -0.294 e. The predicted molar refractivity (Wildman–Crippen MR) is 32.9 cm³/mol. The molecule has 0 aliphatic heterocycles. The van der Waals surface area contributed by atoms with Crippen molar-refractivity contribution in [1.82, 2.24) is 0 Å². The minimum absolute atomic E-state index is 0.0547. The summed E-state index contributed by atoms with van der Waals surface area (Å²) in [6.07, 6.45) is 0. The van der Waals surface area contributed by atoms with E-state index in [0.29, 0.717) is 5.56 Å². The topological polar surface area (TPSA) is 33.0 Å². The van der Waals surface area contributed by atoms with Crippen LogP contribution >= 0.6 is 0 Å². The zero-order valence-electron chi connectivity index (χ0n) is 5.04.